The van der Waals surface area contributed by atoms with Crippen molar-refractivity contribution < 1.29 is 24.2 Å². The van der Waals surface area contributed by atoms with Crippen LogP contribution in [0, 0.1) is 0 Å². The summed E-state index contributed by atoms with van der Waals surface area (Å²) in [5.41, 5.74) is 0.469. The Morgan fingerprint density at radius 1 is 1.35 bits per heavy atom. The fraction of sp³-hybridized carbons (Fsp3) is 0.519. The molecular formula is C27H32N2O5. The molecule has 1 aromatic heterocycles. The molecule has 0 radical (unpaired) electrons. The van der Waals surface area contributed by atoms with Gasteiger partial charge in [-0.2, -0.15) is 0 Å². The Morgan fingerprint density at radius 3 is 2.97 bits per heavy atom. The lowest BCUT2D eigenvalue weighted by Gasteiger charge is -2.64. The average molecular weight is 465 g/mol. The van der Waals surface area contributed by atoms with Crippen LogP contribution in [0.3, 0.4) is 0 Å². The normalized spacial score (nSPS) is 33.2. The summed E-state index contributed by atoms with van der Waals surface area (Å²) in [7, 11) is 1.84. The van der Waals surface area contributed by atoms with E-state index in [1.54, 1.807) is 12.3 Å². The van der Waals surface area contributed by atoms with Crippen LogP contribution in [0.5, 0.6) is 11.5 Å². The standard InChI is InChI=1S/C27H32N2O5/c1-3-13-29-14-12-26-23-17-6-8-20(30)24(23)34-25(26)19(10-11-27(26,32)21(29)16-17)28(2)22(31)9-7-18-5-4-15-33-18/h3-6,8,15,19,21,25,30,32H,1,7,9-14,16H2,2H3/t19?,21-,25?,26+,27-/m1/s1. The van der Waals surface area contributed by atoms with Gasteiger partial charge < -0.3 is 24.3 Å². The molecule has 2 fully saturated rings. The molecule has 34 heavy (non-hydrogen) atoms. The van der Waals surface area contributed by atoms with E-state index in [1.807, 2.05) is 36.2 Å². The topological polar surface area (TPSA) is 86.4 Å². The Morgan fingerprint density at radius 2 is 2.21 bits per heavy atom. The number of aryl methyl sites for hydroxylation is 1. The minimum atomic E-state index is -0.987. The van der Waals surface area contributed by atoms with Gasteiger partial charge in [-0.05, 0) is 56.0 Å². The van der Waals surface area contributed by atoms with Crippen molar-refractivity contribution in [1.82, 2.24) is 9.80 Å². The van der Waals surface area contributed by atoms with Crippen LogP contribution in [0.1, 0.15) is 42.6 Å². The molecule has 2 aliphatic heterocycles. The Bertz CT molecular complexity index is 1130. The number of aliphatic hydroxyl groups is 1. The number of likely N-dealkylation sites (N-methyl/N-ethyl adjacent to an activating group) is 1. The third-order valence-corrected chi connectivity index (χ3v) is 8.96. The van der Waals surface area contributed by atoms with E-state index in [2.05, 4.69) is 11.5 Å². The van der Waals surface area contributed by atoms with Crippen LogP contribution in [-0.4, -0.2) is 69.8 Å². The highest BCUT2D eigenvalue weighted by Crippen LogP contribution is 2.65. The van der Waals surface area contributed by atoms with Gasteiger partial charge in [0.1, 0.15) is 11.9 Å². The summed E-state index contributed by atoms with van der Waals surface area (Å²) in [6.07, 6.45) is 6.68. The summed E-state index contributed by atoms with van der Waals surface area (Å²) in [5.74, 6) is 1.44. The molecule has 7 nitrogen and oxygen atoms in total. The number of ether oxygens (including phenoxy) is 1. The van der Waals surface area contributed by atoms with Crippen LogP contribution in [0.2, 0.25) is 0 Å². The van der Waals surface area contributed by atoms with E-state index in [1.165, 1.54) is 0 Å². The number of carbonyl (C=O) groups is 1. The summed E-state index contributed by atoms with van der Waals surface area (Å²) in [6, 6.07) is 7.16. The molecule has 3 heterocycles. The zero-order chi connectivity index (χ0) is 23.7. The van der Waals surface area contributed by atoms with E-state index in [9.17, 15) is 15.0 Å². The molecule has 6 rings (SSSR count). The fourth-order valence-electron chi connectivity index (χ4n) is 7.43. The van der Waals surface area contributed by atoms with E-state index in [4.69, 9.17) is 9.15 Å². The summed E-state index contributed by atoms with van der Waals surface area (Å²) in [5, 5.41) is 23.1. The second kappa shape index (κ2) is 7.62. The Balaban J connectivity index is 1.38. The van der Waals surface area contributed by atoms with Gasteiger partial charge in [-0.25, -0.2) is 0 Å². The number of hydrogen-bond donors (Lipinski definition) is 2. The maximum absolute atomic E-state index is 13.2. The van der Waals surface area contributed by atoms with Gasteiger partial charge in [-0.15, -0.1) is 6.58 Å². The molecule has 2 aromatic rings. The molecule has 1 saturated carbocycles. The minimum absolute atomic E-state index is 0.0312. The predicted molar refractivity (Wildman–Crippen MR) is 126 cm³/mol. The van der Waals surface area contributed by atoms with Crippen molar-refractivity contribution >= 4 is 5.91 Å². The van der Waals surface area contributed by atoms with Crippen LogP contribution >= 0.6 is 0 Å². The molecule has 2 bridgehead atoms. The quantitative estimate of drug-likeness (QED) is 0.640. The number of piperidine rings is 1. The lowest BCUT2D eigenvalue weighted by atomic mass is 9.48. The van der Waals surface area contributed by atoms with Gasteiger partial charge in [-0.3, -0.25) is 9.69 Å². The molecule has 2 unspecified atom stereocenters. The zero-order valence-corrected chi connectivity index (χ0v) is 19.6. The van der Waals surface area contributed by atoms with E-state index in [0.29, 0.717) is 44.3 Å². The number of furan rings is 1. The number of amides is 1. The van der Waals surface area contributed by atoms with Gasteiger partial charge in [-0.1, -0.05) is 12.1 Å². The van der Waals surface area contributed by atoms with Gasteiger partial charge in [0.25, 0.3) is 0 Å². The molecular weight excluding hydrogens is 432 g/mol. The lowest BCUT2D eigenvalue weighted by Crippen LogP contribution is -2.78. The van der Waals surface area contributed by atoms with Crippen molar-refractivity contribution in [1.29, 1.82) is 0 Å². The van der Waals surface area contributed by atoms with E-state index in [-0.39, 0.29) is 23.7 Å². The highest BCUT2D eigenvalue weighted by Gasteiger charge is 2.73. The Kier molecular flexibility index (Phi) is 4.87. The SMILES string of the molecule is C=CCN1CC[C@]23c4c5ccc(O)c4OC2C(N(C)C(=O)CCc2ccco2)CC[C@@]3(O)[C@H]1C5. The minimum Gasteiger partial charge on any atom is -0.504 e. The molecule has 4 aliphatic rings. The molecule has 7 heteroatoms. The number of rotatable bonds is 6. The molecule has 180 valence electrons. The van der Waals surface area contributed by atoms with E-state index in [0.717, 1.165) is 30.0 Å². The number of nitrogens with zero attached hydrogens (tertiary/aromatic N) is 2. The van der Waals surface area contributed by atoms with Gasteiger partial charge in [0.2, 0.25) is 5.91 Å². The number of benzene rings is 1. The maximum atomic E-state index is 13.2. The Labute approximate surface area is 199 Å². The van der Waals surface area contributed by atoms with Gasteiger partial charge in [0.15, 0.2) is 11.5 Å². The highest BCUT2D eigenvalue weighted by molar-refractivity contribution is 5.77. The summed E-state index contributed by atoms with van der Waals surface area (Å²) < 4.78 is 11.9. The van der Waals surface area contributed by atoms with Crippen molar-refractivity contribution in [2.24, 2.45) is 0 Å². The number of aromatic hydroxyl groups is 1. The first-order valence-corrected chi connectivity index (χ1v) is 12.3. The number of carbonyl (C=O) groups excluding carboxylic acids is 1. The second-order valence-electron chi connectivity index (χ2n) is 10.3. The van der Waals surface area contributed by atoms with Crippen molar-refractivity contribution in [2.45, 2.75) is 67.7 Å². The van der Waals surface area contributed by atoms with Crippen molar-refractivity contribution in [3.8, 4) is 11.5 Å². The third-order valence-electron chi connectivity index (χ3n) is 8.96. The summed E-state index contributed by atoms with van der Waals surface area (Å²) >= 11 is 0. The second-order valence-corrected chi connectivity index (χ2v) is 10.3. The number of phenols is 1. The first kappa shape index (κ1) is 21.7. The van der Waals surface area contributed by atoms with Crippen LogP contribution < -0.4 is 4.74 Å². The molecule has 2 aliphatic carbocycles. The van der Waals surface area contributed by atoms with Crippen LogP contribution in [0.15, 0.2) is 47.6 Å². The molecule has 1 saturated heterocycles. The summed E-state index contributed by atoms with van der Waals surface area (Å²) in [6.45, 7) is 5.47. The molecule has 1 spiro atoms. The zero-order valence-electron chi connectivity index (χ0n) is 19.6. The predicted octanol–water partition coefficient (Wildman–Crippen LogP) is 2.79. The third kappa shape index (κ3) is 2.74. The van der Waals surface area contributed by atoms with Crippen molar-refractivity contribution in [3.63, 3.8) is 0 Å². The van der Waals surface area contributed by atoms with Gasteiger partial charge in [0, 0.05) is 38.0 Å². The lowest BCUT2D eigenvalue weighted by molar-refractivity contribution is -0.198. The number of phenolic OH excluding ortho intramolecular Hbond substituents is 1. The smallest absolute Gasteiger partial charge is 0.223 e. The van der Waals surface area contributed by atoms with Gasteiger partial charge in [0.05, 0.1) is 23.3 Å². The number of hydrogen-bond acceptors (Lipinski definition) is 6. The first-order chi connectivity index (χ1) is 16.4. The summed E-state index contributed by atoms with van der Waals surface area (Å²) in [4.78, 5) is 17.4. The van der Waals surface area contributed by atoms with Crippen LogP contribution in [0.4, 0.5) is 0 Å². The number of likely N-dealkylation sites (tertiary alicyclic amines) is 1. The molecule has 1 amide bonds. The molecule has 1 aromatic carbocycles. The van der Waals surface area contributed by atoms with Gasteiger partial charge >= 0.3 is 0 Å². The average Bonchev–Trinajstić information content (AvgIpc) is 3.46. The van der Waals surface area contributed by atoms with E-state index >= 15 is 0 Å². The molecule has 2 N–H and O–H groups in total. The largest absolute Gasteiger partial charge is 0.504 e. The van der Waals surface area contributed by atoms with Crippen LogP contribution in [-0.2, 0) is 23.1 Å². The van der Waals surface area contributed by atoms with Crippen molar-refractivity contribution in [3.05, 3.63) is 60.1 Å². The molecule has 5 atom stereocenters. The Hall–Kier alpha value is -2.77. The first-order valence-electron chi connectivity index (χ1n) is 12.3. The van der Waals surface area contributed by atoms with E-state index < -0.39 is 17.1 Å². The van der Waals surface area contributed by atoms with Crippen molar-refractivity contribution in [2.75, 3.05) is 20.1 Å². The fourth-order valence-corrected chi connectivity index (χ4v) is 7.43. The highest BCUT2D eigenvalue weighted by atomic mass is 16.5. The van der Waals surface area contributed by atoms with Crippen LogP contribution in [0.25, 0.3) is 0 Å². The maximum Gasteiger partial charge on any atom is 0.223 e. The monoisotopic (exact) mass is 464 g/mol.